The zero-order valence-corrected chi connectivity index (χ0v) is 16.9. The highest BCUT2D eigenvalue weighted by Gasteiger charge is 2.33. The van der Waals surface area contributed by atoms with Gasteiger partial charge in [0.05, 0.1) is 28.8 Å². The van der Waals surface area contributed by atoms with Gasteiger partial charge in [0.1, 0.15) is 17.4 Å². The second-order valence-corrected chi connectivity index (χ2v) is 9.11. The molecule has 1 aromatic heterocycles. The minimum absolute atomic E-state index is 0.0241. The number of hydrogen-bond donors (Lipinski definition) is 1. The fraction of sp³-hybridized carbons (Fsp3) is 0.316. The molecule has 12 heteroatoms. The average molecular weight is 455 g/mol. The van der Waals surface area contributed by atoms with Crippen LogP contribution in [-0.2, 0) is 9.84 Å². The molecule has 8 nitrogen and oxygen atoms in total. The van der Waals surface area contributed by atoms with Crippen LogP contribution >= 0.6 is 0 Å². The number of halogens is 3. The Morgan fingerprint density at radius 3 is 2.48 bits per heavy atom. The van der Waals surface area contributed by atoms with Crippen molar-refractivity contribution in [1.29, 1.82) is 5.26 Å². The lowest BCUT2D eigenvalue weighted by molar-refractivity contribution is -0.274. The number of aromatic hydroxyl groups is 1. The van der Waals surface area contributed by atoms with Gasteiger partial charge in [0.15, 0.2) is 9.84 Å². The van der Waals surface area contributed by atoms with Crippen molar-refractivity contribution in [1.82, 2.24) is 4.57 Å². The van der Waals surface area contributed by atoms with E-state index in [0.29, 0.717) is 0 Å². The Bertz CT molecular complexity index is 1240. The summed E-state index contributed by atoms with van der Waals surface area (Å²) in [4.78, 5) is 16.7. The van der Waals surface area contributed by atoms with Crippen LogP contribution < -0.4 is 10.3 Å². The predicted octanol–water partition coefficient (Wildman–Crippen LogP) is 2.74. The maximum Gasteiger partial charge on any atom is 0.573 e. The van der Waals surface area contributed by atoms with Crippen molar-refractivity contribution in [3.63, 3.8) is 0 Å². The average Bonchev–Trinajstić information content (AvgIpc) is 3.01. The minimum Gasteiger partial charge on any atom is -0.494 e. The summed E-state index contributed by atoms with van der Waals surface area (Å²) in [6.07, 6.45) is -3.56. The Kier molecular flexibility index (Phi) is 5.82. The number of rotatable bonds is 4. The number of alkyl halides is 3. The van der Waals surface area contributed by atoms with Crippen LogP contribution in [0.2, 0.25) is 0 Å². The molecule has 164 valence electrons. The smallest absolute Gasteiger partial charge is 0.494 e. The van der Waals surface area contributed by atoms with Crippen molar-refractivity contribution in [2.24, 2.45) is 4.99 Å². The van der Waals surface area contributed by atoms with E-state index in [0.717, 1.165) is 22.9 Å². The van der Waals surface area contributed by atoms with E-state index in [2.05, 4.69) is 9.73 Å². The summed E-state index contributed by atoms with van der Waals surface area (Å²) >= 11 is 0. The normalized spacial score (nSPS) is 18.2. The van der Waals surface area contributed by atoms with Crippen molar-refractivity contribution in [2.75, 3.05) is 11.5 Å². The molecule has 0 bridgehead atoms. The Labute approximate surface area is 174 Å². The van der Waals surface area contributed by atoms with Crippen molar-refractivity contribution >= 4 is 21.7 Å². The zero-order chi connectivity index (χ0) is 23.0. The summed E-state index contributed by atoms with van der Waals surface area (Å²) in [7, 11) is -3.37. The topological polar surface area (TPSA) is 122 Å². The van der Waals surface area contributed by atoms with E-state index in [1.54, 1.807) is 6.07 Å². The van der Waals surface area contributed by atoms with Crippen LogP contribution in [0.15, 0.2) is 34.1 Å². The summed E-state index contributed by atoms with van der Waals surface area (Å²) in [6.45, 7) is 1.43. The molecule has 1 atom stereocenters. The number of aromatic nitrogens is 1. The van der Waals surface area contributed by atoms with E-state index < -0.39 is 39.4 Å². The van der Waals surface area contributed by atoms with Crippen LogP contribution in [-0.4, -0.2) is 42.2 Å². The predicted molar refractivity (Wildman–Crippen MR) is 105 cm³/mol. The molecule has 31 heavy (non-hydrogen) atoms. The van der Waals surface area contributed by atoms with Crippen LogP contribution in [0.3, 0.4) is 0 Å². The molecule has 1 saturated heterocycles. The fourth-order valence-corrected chi connectivity index (χ4v) is 4.99. The number of benzene rings is 1. The number of nitrogens with zero attached hydrogens (tertiary/aromatic N) is 3. The molecule has 2 heterocycles. The molecule has 0 unspecified atom stereocenters. The van der Waals surface area contributed by atoms with Crippen LogP contribution in [0.4, 0.5) is 18.9 Å². The molecule has 0 amide bonds. The first kappa shape index (κ1) is 22.4. The molecule has 0 spiro atoms. The van der Waals surface area contributed by atoms with Gasteiger partial charge in [-0.15, -0.1) is 13.2 Å². The molecule has 1 aromatic carbocycles. The number of sulfone groups is 1. The number of nitriles is 1. The number of aliphatic imine (C=N–C) groups is 1. The lowest BCUT2D eigenvalue weighted by Crippen LogP contribution is -2.29. The third kappa shape index (κ3) is 4.88. The molecule has 0 saturated carbocycles. The summed E-state index contributed by atoms with van der Waals surface area (Å²) in [6, 6.07) is 5.54. The van der Waals surface area contributed by atoms with Gasteiger partial charge in [-0.3, -0.25) is 14.4 Å². The second kappa shape index (κ2) is 8.07. The van der Waals surface area contributed by atoms with Gasteiger partial charge >= 0.3 is 6.36 Å². The number of ether oxygens (including phenoxy) is 1. The van der Waals surface area contributed by atoms with Crippen LogP contribution in [0, 0.1) is 18.3 Å². The van der Waals surface area contributed by atoms with E-state index in [9.17, 15) is 36.8 Å². The lowest BCUT2D eigenvalue weighted by atomic mass is 10.0. The fourth-order valence-electron chi connectivity index (χ4n) is 3.29. The SMILES string of the molecule is Cc1c(C=Nc2ccc(OC(F)(F)F)cc2)c(O)n([C@H]2CCS(=O)(=O)C2)c(=O)c1C#N. The molecular weight excluding hydrogens is 439 g/mol. The number of hydrogen-bond acceptors (Lipinski definition) is 7. The van der Waals surface area contributed by atoms with E-state index in [1.165, 1.54) is 19.1 Å². The molecule has 1 aliphatic rings. The third-order valence-electron chi connectivity index (χ3n) is 4.78. The van der Waals surface area contributed by atoms with E-state index >= 15 is 0 Å². The lowest BCUT2D eigenvalue weighted by Gasteiger charge is -2.18. The summed E-state index contributed by atoms with van der Waals surface area (Å²) in [5, 5.41) is 20.1. The van der Waals surface area contributed by atoms with Crippen LogP contribution in [0.5, 0.6) is 11.6 Å². The van der Waals surface area contributed by atoms with Crippen molar-refractivity contribution in [3.05, 3.63) is 51.3 Å². The van der Waals surface area contributed by atoms with Gasteiger partial charge in [0.25, 0.3) is 5.56 Å². The van der Waals surface area contributed by atoms with Gasteiger partial charge in [-0.2, -0.15) is 5.26 Å². The molecular formula is C19H16F3N3O5S. The third-order valence-corrected chi connectivity index (χ3v) is 6.53. The van der Waals surface area contributed by atoms with Crippen molar-refractivity contribution < 1.29 is 31.4 Å². The first-order chi connectivity index (χ1) is 14.4. The molecule has 0 radical (unpaired) electrons. The Morgan fingerprint density at radius 1 is 1.32 bits per heavy atom. The van der Waals surface area contributed by atoms with E-state index in [4.69, 9.17) is 0 Å². The largest absolute Gasteiger partial charge is 0.573 e. The summed E-state index contributed by atoms with van der Waals surface area (Å²) in [5.74, 6) is -1.46. The molecule has 1 fully saturated rings. The van der Waals surface area contributed by atoms with Crippen molar-refractivity contribution in [2.45, 2.75) is 25.7 Å². The standard InChI is InChI=1S/C19H16F3N3O5S/c1-11-15(8-23)17(26)25(13-6-7-31(28,29)10-13)18(27)16(11)9-24-12-2-4-14(5-3-12)30-19(20,21)22/h2-5,9,13,27H,6-7,10H2,1H3/t13-/m0/s1. The molecule has 2 aromatic rings. The van der Waals surface area contributed by atoms with Crippen LogP contribution in [0.25, 0.3) is 0 Å². The highest BCUT2D eigenvalue weighted by Crippen LogP contribution is 2.30. The van der Waals surface area contributed by atoms with Crippen molar-refractivity contribution in [3.8, 4) is 17.7 Å². The van der Waals surface area contributed by atoms with Gasteiger partial charge in [-0.05, 0) is 43.2 Å². The monoisotopic (exact) mass is 455 g/mol. The van der Waals surface area contributed by atoms with E-state index in [1.807, 2.05) is 0 Å². The molecule has 3 rings (SSSR count). The zero-order valence-electron chi connectivity index (χ0n) is 16.0. The van der Waals surface area contributed by atoms with Gasteiger partial charge in [-0.25, -0.2) is 8.42 Å². The Balaban J connectivity index is 2.00. The first-order valence-corrected chi connectivity index (χ1v) is 10.7. The molecule has 1 N–H and O–H groups in total. The maximum atomic E-state index is 12.7. The summed E-state index contributed by atoms with van der Waals surface area (Å²) in [5.41, 5.74) is -0.685. The molecule has 0 aliphatic carbocycles. The van der Waals surface area contributed by atoms with Gasteiger partial charge in [0, 0.05) is 6.21 Å². The van der Waals surface area contributed by atoms with E-state index in [-0.39, 0.29) is 40.3 Å². The van der Waals surface area contributed by atoms with Gasteiger partial charge < -0.3 is 9.84 Å². The quantitative estimate of drug-likeness (QED) is 0.708. The summed E-state index contributed by atoms with van der Waals surface area (Å²) < 4.78 is 65.0. The second-order valence-electron chi connectivity index (χ2n) is 6.88. The van der Waals surface area contributed by atoms with Gasteiger partial charge in [0.2, 0.25) is 5.88 Å². The highest BCUT2D eigenvalue weighted by molar-refractivity contribution is 7.91. The Hall–Kier alpha value is -3.33. The Morgan fingerprint density at radius 2 is 1.97 bits per heavy atom. The minimum atomic E-state index is -4.83. The van der Waals surface area contributed by atoms with Crippen LogP contribution in [0.1, 0.15) is 29.2 Å². The van der Waals surface area contributed by atoms with Gasteiger partial charge in [-0.1, -0.05) is 0 Å². The molecule has 1 aliphatic heterocycles. The maximum absolute atomic E-state index is 12.7. The highest BCUT2D eigenvalue weighted by atomic mass is 32.2. The number of pyridine rings is 1. The first-order valence-electron chi connectivity index (χ1n) is 8.90.